The molecule has 0 amide bonds. The van der Waals surface area contributed by atoms with Crippen molar-refractivity contribution in [1.29, 1.82) is 0 Å². The van der Waals surface area contributed by atoms with Gasteiger partial charge in [0.2, 0.25) is 0 Å². The third kappa shape index (κ3) is 1.91. The van der Waals surface area contributed by atoms with Gasteiger partial charge in [0.15, 0.2) is 0 Å². The van der Waals surface area contributed by atoms with Crippen LogP contribution in [0.5, 0.6) is 0 Å². The van der Waals surface area contributed by atoms with Crippen LogP contribution in [-0.2, 0) is 0 Å². The summed E-state index contributed by atoms with van der Waals surface area (Å²) in [5.74, 6) is 0. The van der Waals surface area contributed by atoms with Gasteiger partial charge >= 0.3 is 0 Å². The number of hydrogen-bond acceptors (Lipinski definition) is 2. The van der Waals surface area contributed by atoms with Crippen LogP contribution >= 0.6 is 11.6 Å². The number of nitrogens with zero attached hydrogens (tertiary/aromatic N) is 2. The standard InChI is InChI=1S/C11H9ClN2/c1-8-4-9(6-13-5-8)11-3-2-10(12)7-14-11/h2-7H,1H3. The molecule has 0 saturated heterocycles. The second-order valence-electron chi connectivity index (χ2n) is 3.11. The van der Waals surface area contributed by atoms with Gasteiger partial charge in [-0.25, -0.2) is 0 Å². The molecule has 0 saturated carbocycles. The molecule has 0 spiro atoms. The van der Waals surface area contributed by atoms with Gasteiger partial charge in [-0.05, 0) is 30.7 Å². The molecule has 0 aliphatic rings. The Morgan fingerprint density at radius 2 is 2.00 bits per heavy atom. The van der Waals surface area contributed by atoms with E-state index < -0.39 is 0 Å². The first-order chi connectivity index (χ1) is 6.75. The normalized spacial score (nSPS) is 10.1. The molecule has 14 heavy (non-hydrogen) atoms. The quantitative estimate of drug-likeness (QED) is 0.714. The van der Waals surface area contributed by atoms with Crippen molar-refractivity contribution in [3.8, 4) is 11.3 Å². The van der Waals surface area contributed by atoms with Crippen molar-refractivity contribution in [3.05, 3.63) is 47.4 Å². The van der Waals surface area contributed by atoms with Crippen LogP contribution < -0.4 is 0 Å². The molecule has 0 aliphatic heterocycles. The van der Waals surface area contributed by atoms with Crippen molar-refractivity contribution in [1.82, 2.24) is 9.97 Å². The molecule has 0 radical (unpaired) electrons. The number of aryl methyl sites for hydroxylation is 1. The van der Waals surface area contributed by atoms with Gasteiger partial charge in [0.25, 0.3) is 0 Å². The molecule has 70 valence electrons. The molecule has 0 aliphatic carbocycles. The van der Waals surface area contributed by atoms with Gasteiger partial charge in [-0.2, -0.15) is 0 Å². The second kappa shape index (κ2) is 3.76. The lowest BCUT2D eigenvalue weighted by atomic mass is 10.1. The van der Waals surface area contributed by atoms with Crippen LogP contribution in [0, 0.1) is 6.92 Å². The Bertz CT molecular complexity index is 437. The third-order valence-electron chi connectivity index (χ3n) is 1.90. The molecule has 3 heteroatoms. The van der Waals surface area contributed by atoms with Crippen LogP contribution in [0.1, 0.15) is 5.56 Å². The summed E-state index contributed by atoms with van der Waals surface area (Å²) in [5, 5.41) is 0.648. The highest BCUT2D eigenvalue weighted by Gasteiger charge is 1.99. The van der Waals surface area contributed by atoms with Crippen molar-refractivity contribution in [2.45, 2.75) is 6.92 Å². The Morgan fingerprint density at radius 1 is 1.14 bits per heavy atom. The second-order valence-corrected chi connectivity index (χ2v) is 3.55. The molecule has 0 N–H and O–H groups in total. The van der Waals surface area contributed by atoms with Crippen LogP contribution in [0.2, 0.25) is 5.02 Å². The van der Waals surface area contributed by atoms with E-state index in [2.05, 4.69) is 9.97 Å². The molecule has 2 rings (SSSR count). The van der Waals surface area contributed by atoms with Crippen LogP contribution in [-0.4, -0.2) is 9.97 Å². The van der Waals surface area contributed by atoms with Crippen LogP contribution in [0.3, 0.4) is 0 Å². The topological polar surface area (TPSA) is 25.8 Å². The summed E-state index contributed by atoms with van der Waals surface area (Å²) in [4.78, 5) is 8.33. The molecule has 2 aromatic rings. The maximum atomic E-state index is 5.75. The van der Waals surface area contributed by atoms with Gasteiger partial charge in [0, 0.05) is 24.2 Å². The van der Waals surface area contributed by atoms with E-state index in [1.165, 1.54) is 0 Å². The summed E-state index contributed by atoms with van der Waals surface area (Å²) in [5.41, 5.74) is 3.03. The fraction of sp³-hybridized carbons (Fsp3) is 0.0909. The minimum atomic E-state index is 0.648. The van der Waals surface area contributed by atoms with Crippen molar-refractivity contribution in [3.63, 3.8) is 0 Å². The number of rotatable bonds is 1. The molecule has 0 unspecified atom stereocenters. The first-order valence-corrected chi connectivity index (χ1v) is 4.67. The van der Waals surface area contributed by atoms with Gasteiger partial charge in [0.05, 0.1) is 10.7 Å². The highest BCUT2D eigenvalue weighted by Crippen LogP contribution is 2.18. The number of pyridine rings is 2. The van der Waals surface area contributed by atoms with Gasteiger partial charge in [-0.3, -0.25) is 9.97 Å². The summed E-state index contributed by atoms with van der Waals surface area (Å²) < 4.78 is 0. The SMILES string of the molecule is Cc1cncc(-c2ccc(Cl)cn2)c1. The van der Waals surface area contributed by atoms with E-state index in [4.69, 9.17) is 11.6 Å². The van der Waals surface area contributed by atoms with E-state index in [9.17, 15) is 0 Å². The van der Waals surface area contributed by atoms with Crippen LogP contribution in [0.15, 0.2) is 36.8 Å². The summed E-state index contributed by atoms with van der Waals surface area (Å²) in [7, 11) is 0. The number of aromatic nitrogens is 2. The highest BCUT2D eigenvalue weighted by atomic mass is 35.5. The third-order valence-corrected chi connectivity index (χ3v) is 2.12. The number of halogens is 1. The average Bonchev–Trinajstić information content (AvgIpc) is 2.19. The van der Waals surface area contributed by atoms with Gasteiger partial charge in [-0.15, -0.1) is 0 Å². The molecule has 0 aromatic carbocycles. The van der Waals surface area contributed by atoms with Crippen molar-refractivity contribution in [2.24, 2.45) is 0 Å². The maximum Gasteiger partial charge on any atom is 0.0718 e. The molecule has 0 atom stereocenters. The summed E-state index contributed by atoms with van der Waals surface area (Å²) in [6.07, 6.45) is 5.25. The molecule has 0 fully saturated rings. The van der Waals surface area contributed by atoms with Gasteiger partial charge in [0.1, 0.15) is 0 Å². The molecule has 0 bridgehead atoms. The monoisotopic (exact) mass is 204 g/mol. The molecule has 2 aromatic heterocycles. The predicted molar refractivity (Wildman–Crippen MR) is 57.2 cm³/mol. The highest BCUT2D eigenvalue weighted by molar-refractivity contribution is 6.30. The van der Waals surface area contributed by atoms with Crippen LogP contribution in [0.4, 0.5) is 0 Å². The fourth-order valence-electron chi connectivity index (χ4n) is 1.24. The zero-order valence-corrected chi connectivity index (χ0v) is 8.49. The number of hydrogen-bond donors (Lipinski definition) is 0. The van der Waals surface area contributed by atoms with E-state index in [1.54, 1.807) is 12.4 Å². The maximum absolute atomic E-state index is 5.75. The van der Waals surface area contributed by atoms with Gasteiger partial charge in [-0.1, -0.05) is 11.6 Å². The Labute approximate surface area is 87.6 Å². The Morgan fingerprint density at radius 3 is 2.64 bits per heavy atom. The van der Waals surface area contributed by atoms with Gasteiger partial charge < -0.3 is 0 Å². The van der Waals surface area contributed by atoms with E-state index in [1.807, 2.05) is 31.3 Å². The zero-order chi connectivity index (χ0) is 9.97. The fourth-order valence-corrected chi connectivity index (χ4v) is 1.35. The summed E-state index contributed by atoms with van der Waals surface area (Å²) in [6.45, 7) is 2.01. The lowest BCUT2D eigenvalue weighted by Gasteiger charge is -2.00. The van der Waals surface area contributed by atoms with Crippen molar-refractivity contribution < 1.29 is 0 Å². The molecular formula is C11H9ClN2. The summed E-state index contributed by atoms with van der Waals surface area (Å²) >= 11 is 5.75. The Balaban J connectivity index is 2.44. The molecule has 2 heterocycles. The average molecular weight is 205 g/mol. The largest absolute Gasteiger partial charge is 0.264 e. The smallest absolute Gasteiger partial charge is 0.0718 e. The van der Waals surface area contributed by atoms with Crippen LogP contribution in [0.25, 0.3) is 11.3 Å². The van der Waals surface area contributed by atoms with E-state index in [-0.39, 0.29) is 0 Å². The zero-order valence-electron chi connectivity index (χ0n) is 7.74. The van der Waals surface area contributed by atoms with Crippen molar-refractivity contribution >= 4 is 11.6 Å². The van der Waals surface area contributed by atoms with Crippen molar-refractivity contribution in [2.75, 3.05) is 0 Å². The Kier molecular flexibility index (Phi) is 2.46. The lowest BCUT2D eigenvalue weighted by molar-refractivity contribution is 1.24. The van der Waals surface area contributed by atoms with E-state index in [0.29, 0.717) is 5.02 Å². The predicted octanol–water partition coefficient (Wildman–Crippen LogP) is 3.11. The summed E-state index contributed by atoms with van der Waals surface area (Å²) in [6, 6.07) is 5.76. The molecular weight excluding hydrogens is 196 g/mol. The lowest BCUT2D eigenvalue weighted by Crippen LogP contribution is -1.85. The molecule has 2 nitrogen and oxygen atoms in total. The minimum Gasteiger partial charge on any atom is -0.264 e. The minimum absolute atomic E-state index is 0.648. The Hall–Kier alpha value is -1.41. The first-order valence-electron chi connectivity index (χ1n) is 4.29. The first kappa shape index (κ1) is 9.16. The van der Waals surface area contributed by atoms with E-state index in [0.717, 1.165) is 16.8 Å². The van der Waals surface area contributed by atoms with E-state index >= 15 is 0 Å².